The molecule has 0 aliphatic heterocycles. The molecule has 0 saturated heterocycles. The topological polar surface area (TPSA) is 20.2 Å². The molecular weight excluding hydrogens is 136 g/mol. The van der Waals surface area contributed by atoms with E-state index in [1.54, 1.807) is 0 Å². The van der Waals surface area contributed by atoms with Gasteiger partial charge in [-0.3, -0.25) is 0 Å². The molecule has 1 heteroatoms. The third kappa shape index (κ3) is 3.06. The highest BCUT2D eigenvalue weighted by molar-refractivity contribution is 5.01. The van der Waals surface area contributed by atoms with E-state index in [1.807, 2.05) is 6.92 Å². The van der Waals surface area contributed by atoms with Gasteiger partial charge < -0.3 is 5.11 Å². The highest BCUT2D eigenvalue weighted by Crippen LogP contribution is 2.25. The van der Waals surface area contributed by atoms with Crippen LogP contribution in [0.25, 0.3) is 0 Å². The Morgan fingerprint density at radius 2 is 2.00 bits per heavy atom. The van der Waals surface area contributed by atoms with Gasteiger partial charge in [-0.15, -0.1) is 0 Å². The van der Waals surface area contributed by atoms with Crippen molar-refractivity contribution in [3.8, 4) is 0 Å². The van der Waals surface area contributed by atoms with Gasteiger partial charge in [0.1, 0.15) is 0 Å². The van der Waals surface area contributed by atoms with Crippen LogP contribution in [0.2, 0.25) is 0 Å². The largest absolute Gasteiger partial charge is 0.392 e. The molecule has 0 aromatic rings. The van der Waals surface area contributed by atoms with Crippen LogP contribution in [0, 0.1) is 5.92 Å². The predicted molar refractivity (Wildman–Crippen MR) is 47.4 cm³/mol. The third-order valence-electron chi connectivity index (χ3n) is 2.42. The van der Waals surface area contributed by atoms with Crippen LogP contribution in [-0.2, 0) is 0 Å². The van der Waals surface area contributed by atoms with E-state index >= 15 is 0 Å². The molecule has 0 radical (unpaired) electrons. The molecular formula is C10H18O. The Balaban J connectivity index is 2.34. The summed E-state index contributed by atoms with van der Waals surface area (Å²) < 4.78 is 0. The van der Waals surface area contributed by atoms with Crippen molar-refractivity contribution in [3.63, 3.8) is 0 Å². The Labute approximate surface area is 69.1 Å². The highest BCUT2D eigenvalue weighted by atomic mass is 16.3. The maximum absolute atomic E-state index is 8.80. The quantitative estimate of drug-likeness (QED) is 0.606. The summed E-state index contributed by atoms with van der Waals surface area (Å²) in [5.74, 6) is 0.760. The maximum atomic E-state index is 8.80. The average Bonchev–Trinajstić information content (AvgIpc) is 2.06. The molecule has 64 valence electrons. The van der Waals surface area contributed by atoms with Gasteiger partial charge in [-0.05, 0) is 25.7 Å². The van der Waals surface area contributed by atoms with E-state index in [-0.39, 0.29) is 6.61 Å². The Morgan fingerprint density at radius 3 is 2.55 bits per heavy atom. The lowest BCUT2D eigenvalue weighted by Crippen LogP contribution is -2.04. The Kier molecular flexibility index (Phi) is 3.64. The molecule has 1 rings (SSSR count). The van der Waals surface area contributed by atoms with E-state index in [4.69, 9.17) is 5.11 Å². The van der Waals surface area contributed by atoms with Gasteiger partial charge in [0.25, 0.3) is 0 Å². The van der Waals surface area contributed by atoms with E-state index in [0.717, 1.165) is 11.5 Å². The van der Waals surface area contributed by atoms with E-state index < -0.39 is 0 Å². The summed E-state index contributed by atoms with van der Waals surface area (Å²) in [6, 6.07) is 0. The molecule has 11 heavy (non-hydrogen) atoms. The van der Waals surface area contributed by atoms with Gasteiger partial charge >= 0.3 is 0 Å². The second kappa shape index (κ2) is 4.55. The van der Waals surface area contributed by atoms with Crippen molar-refractivity contribution in [3.05, 3.63) is 11.6 Å². The number of aliphatic hydroxyl groups is 1. The Bertz CT molecular complexity index is 132. The van der Waals surface area contributed by atoms with Gasteiger partial charge in [-0.1, -0.05) is 30.9 Å². The molecule has 1 saturated carbocycles. The average molecular weight is 154 g/mol. The van der Waals surface area contributed by atoms with Crippen LogP contribution >= 0.6 is 0 Å². The molecule has 0 aromatic carbocycles. The Hall–Kier alpha value is -0.300. The lowest BCUT2D eigenvalue weighted by Gasteiger charge is -2.18. The first-order valence-electron chi connectivity index (χ1n) is 4.61. The fourth-order valence-corrected chi connectivity index (χ4v) is 1.76. The zero-order valence-corrected chi connectivity index (χ0v) is 7.34. The highest BCUT2D eigenvalue weighted by Gasteiger charge is 2.10. The molecule has 0 spiro atoms. The van der Waals surface area contributed by atoms with Crippen molar-refractivity contribution in [2.24, 2.45) is 5.92 Å². The molecule has 0 amide bonds. The lowest BCUT2D eigenvalue weighted by atomic mass is 9.88. The number of hydrogen-bond donors (Lipinski definition) is 1. The van der Waals surface area contributed by atoms with E-state index in [1.165, 1.54) is 32.1 Å². The van der Waals surface area contributed by atoms with E-state index in [2.05, 4.69) is 6.08 Å². The number of hydrogen-bond acceptors (Lipinski definition) is 1. The monoisotopic (exact) mass is 154 g/mol. The minimum absolute atomic E-state index is 0.233. The van der Waals surface area contributed by atoms with Crippen LogP contribution in [0.15, 0.2) is 11.6 Å². The van der Waals surface area contributed by atoms with Crippen molar-refractivity contribution >= 4 is 0 Å². The van der Waals surface area contributed by atoms with Crippen molar-refractivity contribution in [2.45, 2.75) is 39.0 Å². The van der Waals surface area contributed by atoms with Crippen molar-refractivity contribution in [1.29, 1.82) is 0 Å². The summed E-state index contributed by atoms with van der Waals surface area (Å²) >= 11 is 0. The normalized spacial score (nSPS) is 22.2. The minimum atomic E-state index is 0.233. The molecule has 1 fully saturated rings. The molecule has 1 nitrogen and oxygen atoms in total. The molecule has 0 atom stereocenters. The molecule has 0 bridgehead atoms. The third-order valence-corrected chi connectivity index (χ3v) is 2.42. The molecule has 1 aliphatic carbocycles. The van der Waals surface area contributed by atoms with Crippen molar-refractivity contribution < 1.29 is 5.11 Å². The van der Waals surface area contributed by atoms with E-state index in [0.29, 0.717) is 0 Å². The SMILES string of the molecule is CC(=CC1CCCCC1)CO. The fourth-order valence-electron chi connectivity index (χ4n) is 1.76. The zero-order valence-electron chi connectivity index (χ0n) is 7.34. The summed E-state index contributed by atoms with van der Waals surface area (Å²) in [4.78, 5) is 0. The summed E-state index contributed by atoms with van der Waals surface area (Å²) in [5, 5.41) is 8.80. The molecule has 1 aliphatic rings. The van der Waals surface area contributed by atoms with Gasteiger partial charge in [0.05, 0.1) is 6.61 Å². The standard InChI is InChI=1S/C10H18O/c1-9(8-11)7-10-5-3-2-4-6-10/h7,10-11H,2-6,8H2,1H3. The van der Waals surface area contributed by atoms with Gasteiger partial charge in [0.15, 0.2) is 0 Å². The van der Waals surface area contributed by atoms with Gasteiger partial charge in [0.2, 0.25) is 0 Å². The second-order valence-corrected chi connectivity index (χ2v) is 3.57. The summed E-state index contributed by atoms with van der Waals surface area (Å²) in [7, 11) is 0. The van der Waals surface area contributed by atoms with Crippen LogP contribution < -0.4 is 0 Å². The molecule has 1 N–H and O–H groups in total. The molecule has 0 heterocycles. The number of allylic oxidation sites excluding steroid dienone is 1. The van der Waals surface area contributed by atoms with Crippen LogP contribution in [-0.4, -0.2) is 11.7 Å². The number of rotatable bonds is 2. The maximum Gasteiger partial charge on any atom is 0.0639 e. The summed E-state index contributed by atoms with van der Waals surface area (Å²) in [6.07, 6.45) is 9.07. The zero-order chi connectivity index (χ0) is 8.10. The first-order chi connectivity index (χ1) is 5.33. The van der Waals surface area contributed by atoms with Crippen molar-refractivity contribution in [1.82, 2.24) is 0 Å². The summed E-state index contributed by atoms with van der Waals surface area (Å²) in [5.41, 5.74) is 1.14. The van der Waals surface area contributed by atoms with Gasteiger partial charge in [-0.25, -0.2) is 0 Å². The van der Waals surface area contributed by atoms with E-state index in [9.17, 15) is 0 Å². The molecule has 0 unspecified atom stereocenters. The van der Waals surface area contributed by atoms with Crippen LogP contribution in [0.5, 0.6) is 0 Å². The van der Waals surface area contributed by atoms with Crippen molar-refractivity contribution in [2.75, 3.05) is 6.61 Å². The van der Waals surface area contributed by atoms with Crippen LogP contribution in [0.4, 0.5) is 0 Å². The number of aliphatic hydroxyl groups excluding tert-OH is 1. The minimum Gasteiger partial charge on any atom is -0.392 e. The van der Waals surface area contributed by atoms with Gasteiger partial charge in [-0.2, -0.15) is 0 Å². The fraction of sp³-hybridized carbons (Fsp3) is 0.800. The van der Waals surface area contributed by atoms with Crippen LogP contribution in [0.1, 0.15) is 39.0 Å². The first kappa shape index (κ1) is 8.79. The molecule has 0 aromatic heterocycles. The first-order valence-corrected chi connectivity index (χ1v) is 4.61. The second-order valence-electron chi connectivity index (χ2n) is 3.57. The predicted octanol–water partition coefficient (Wildman–Crippen LogP) is 2.51. The lowest BCUT2D eigenvalue weighted by molar-refractivity contribution is 0.327. The smallest absolute Gasteiger partial charge is 0.0639 e. The summed E-state index contributed by atoms with van der Waals surface area (Å²) in [6.45, 7) is 2.24. The Morgan fingerprint density at radius 1 is 1.36 bits per heavy atom. The van der Waals surface area contributed by atoms with Gasteiger partial charge in [0, 0.05) is 0 Å². The van der Waals surface area contributed by atoms with Crippen LogP contribution in [0.3, 0.4) is 0 Å².